The Balaban J connectivity index is 1.41. The van der Waals surface area contributed by atoms with Gasteiger partial charge in [0.25, 0.3) is 0 Å². The van der Waals surface area contributed by atoms with Crippen LogP contribution in [0.15, 0.2) is 72.8 Å². The van der Waals surface area contributed by atoms with Gasteiger partial charge in [0.1, 0.15) is 11.5 Å². The standard InChI is InChI=1S/C28H31ClN4O3/c1-35-21-13-9-17(10-14-21)23-15-22(28(34)30-16-19-5-3-4-6-24(19)36-2)25-26(32-33-27(25)31-23)18-7-11-20(29)12-8-18/h3-14,22-23,25-27,31-33H,15-16H2,1-2H3,(H,30,34). The Morgan fingerprint density at radius 2 is 1.67 bits per heavy atom. The van der Waals surface area contributed by atoms with Crippen molar-refractivity contribution >= 4 is 17.5 Å². The van der Waals surface area contributed by atoms with E-state index in [1.807, 2.05) is 60.7 Å². The number of rotatable bonds is 7. The third kappa shape index (κ3) is 5.06. The van der Waals surface area contributed by atoms with Crippen LogP contribution in [0, 0.1) is 11.8 Å². The molecule has 3 aromatic carbocycles. The second-order valence-corrected chi connectivity index (χ2v) is 9.67. The predicted octanol–water partition coefficient (Wildman–Crippen LogP) is 4.12. The minimum atomic E-state index is -0.235. The number of carbonyl (C=O) groups is 1. The Bertz CT molecular complexity index is 1190. The number of carbonyl (C=O) groups excluding carboxylic acids is 1. The summed E-state index contributed by atoms with van der Waals surface area (Å²) in [7, 11) is 3.30. The fourth-order valence-electron chi connectivity index (χ4n) is 5.37. The molecule has 0 bridgehead atoms. The van der Waals surface area contributed by atoms with Gasteiger partial charge < -0.3 is 14.8 Å². The normalized spacial score (nSPS) is 25.1. The van der Waals surface area contributed by atoms with Gasteiger partial charge in [0, 0.05) is 35.0 Å². The molecular formula is C28H31ClN4O3. The summed E-state index contributed by atoms with van der Waals surface area (Å²) in [5.41, 5.74) is 9.98. The number of amides is 1. The highest BCUT2D eigenvalue weighted by Crippen LogP contribution is 2.42. The number of piperidine rings is 1. The van der Waals surface area contributed by atoms with Gasteiger partial charge in [-0.05, 0) is 47.9 Å². The molecule has 0 saturated carbocycles. The molecule has 5 rings (SSSR count). The highest BCUT2D eigenvalue weighted by Gasteiger charge is 2.49. The summed E-state index contributed by atoms with van der Waals surface area (Å²) in [6.45, 7) is 0.407. The molecule has 5 atom stereocenters. The van der Waals surface area contributed by atoms with E-state index in [0.29, 0.717) is 18.0 Å². The Morgan fingerprint density at radius 3 is 2.39 bits per heavy atom. The van der Waals surface area contributed by atoms with E-state index >= 15 is 0 Å². The SMILES string of the molecule is COc1ccc(C2CC(C(=O)NCc3ccccc3OC)C3C(NNC3c3ccc(Cl)cc3)N2)cc1. The van der Waals surface area contributed by atoms with E-state index in [2.05, 4.69) is 33.6 Å². The highest BCUT2D eigenvalue weighted by atomic mass is 35.5. The molecule has 0 radical (unpaired) electrons. The van der Waals surface area contributed by atoms with E-state index in [-0.39, 0.29) is 36.0 Å². The zero-order valence-corrected chi connectivity index (χ0v) is 21.1. The summed E-state index contributed by atoms with van der Waals surface area (Å²) < 4.78 is 10.8. The molecule has 0 spiro atoms. The van der Waals surface area contributed by atoms with Crippen LogP contribution in [0.25, 0.3) is 0 Å². The van der Waals surface area contributed by atoms with Crippen molar-refractivity contribution in [1.29, 1.82) is 0 Å². The average molecular weight is 507 g/mol. The second-order valence-electron chi connectivity index (χ2n) is 9.24. The van der Waals surface area contributed by atoms with Gasteiger partial charge >= 0.3 is 0 Å². The molecule has 8 heteroatoms. The smallest absolute Gasteiger partial charge is 0.223 e. The van der Waals surface area contributed by atoms with Crippen molar-refractivity contribution in [1.82, 2.24) is 21.5 Å². The quantitative estimate of drug-likeness (QED) is 0.386. The molecular weight excluding hydrogens is 476 g/mol. The predicted molar refractivity (Wildman–Crippen MR) is 140 cm³/mol. The van der Waals surface area contributed by atoms with Crippen LogP contribution in [0.3, 0.4) is 0 Å². The molecule has 2 aliphatic heterocycles. The Morgan fingerprint density at radius 1 is 0.944 bits per heavy atom. The average Bonchev–Trinajstić information content (AvgIpc) is 3.36. The number of ether oxygens (including phenoxy) is 2. The first kappa shape index (κ1) is 24.6. The summed E-state index contributed by atoms with van der Waals surface area (Å²) in [6.07, 6.45) is 0.576. The lowest BCUT2D eigenvalue weighted by molar-refractivity contribution is -0.129. The lowest BCUT2D eigenvalue weighted by atomic mass is 9.74. The minimum absolute atomic E-state index is 0.00153. The monoisotopic (exact) mass is 506 g/mol. The van der Waals surface area contributed by atoms with Gasteiger partial charge in [0.15, 0.2) is 0 Å². The molecule has 5 unspecified atom stereocenters. The molecule has 3 aromatic rings. The van der Waals surface area contributed by atoms with Gasteiger partial charge in [0.05, 0.1) is 26.4 Å². The Labute approximate surface area is 216 Å². The Hall–Kier alpha value is -3.10. The molecule has 2 heterocycles. The van der Waals surface area contributed by atoms with Crippen LogP contribution < -0.4 is 31.0 Å². The number of nitrogens with one attached hydrogen (secondary N) is 4. The largest absolute Gasteiger partial charge is 0.497 e. The Kier molecular flexibility index (Phi) is 7.43. The van der Waals surface area contributed by atoms with Crippen molar-refractivity contribution in [2.75, 3.05) is 14.2 Å². The van der Waals surface area contributed by atoms with Crippen LogP contribution in [0.2, 0.25) is 5.02 Å². The summed E-state index contributed by atoms with van der Waals surface area (Å²) in [6, 6.07) is 23.6. The number of fused-ring (bicyclic) bond motifs is 1. The second kappa shape index (κ2) is 10.9. The number of hydrazine groups is 1. The summed E-state index contributed by atoms with van der Waals surface area (Å²) >= 11 is 6.14. The third-order valence-electron chi connectivity index (χ3n) is 7.23. The summed E-state index contributed by atoms with van der Waals surface area (Å²) in [5, 5.41) is 7.59. The number of methoxy groups -OCH3 is 2. The molecule has 7 nitrogen and oxygen atoms in total. The van der Waals surface area contributed by atoms with E-state index in [1.54, 1.807) is 14.2 Å². The first-order valence-corrected chi connectivity index (χ1v) is 12.5. The lowest BCUT2D eigenvalue weighted by Gasteiger charge is -2.40. The van der Waals surface area contributed by atoms with Crippen LogP contribution in [0.1, 0.15) is 35.2 Å². The number of para-hydroxylation sites is 1. The van der Waals surface area contributed by atoms with Crippen LogP contribution in [0.5, 0.6) is 11.5 Å². The summed E-state index contributed by atoms with van der Waals surface area (Å²) in [5.74, 6) is 1.36. The van der Waals surface area contributed by atoms with Crippen LogP contribution >= 0.6 is 11.6 Å². The molecule has 2 saturated heterocycles. The van der Waals surface area contributed by atoms with Gasteiger partial charge in [-0.15, -0.1) is 0 Å². The third-order valence-corrected chi connectivity index (χ3v) is 7.48. The first-order valence-electron chi connectivity index (χ1n) is 12.1. The molecule has 0 aromatic heterocycles. The van der Waals surface area contributed by atoms with E-state index in [0.717, 1.165) is 28.2 Å². The van der Waals surface area contributed by atoms with Gasteiger partial charge in [-0.2, -0.15) is 0 Å². The maximum absolute atomic E-state index is 13.7. The van der Waals surface area contributed by atoms with Gasteiger partial charge in [0.2, 0.25) is 5.91 Å². The van der Waals surface area contributed by atoms with Crippen LogP contribution in [-0.2, 0) is 11.3 Å². The van der Waals surface area contributed by atoms with Crippen LogP contribution in [-0.4, -0.2) is 26.3 Å². The molecule has 36 heavy (non-hydrogen) atoms. The van der Waals surface area contributed by atoms with Crippen molar-refractivity contribution in [3.8, 4) is 11.5 Å². The van der Waals surface area contributed by atoms with Crippen molar-refractivity contribution < 1.29 is 14.3 Å². The molecule has 4 N–H and O–H groups in total. The molecule has 188 valence electrons. The van der Waals surface area contributed by atoms with Crippen molar-refractivity contribution in [3.63, 3.8) is 0 Å². The van der Waals surface area contributed by atoms with E-state index in [9.17, 15) is 4.79 Å². The minimum Gasteiger partial charge on any atom is -0.497 e. The molecule has 2 aliphatic rings. The maximum Gasteiger partial charge on any atom is 0.223 e. The van der Waals surface area contributed by atoms with Crippen molar-refractivity contribution in [2.24, 2.45) is 11.8 Å². The highest BCUT2D eigenvalue weighted by molar-refractivity contribution is 6.30. The van der Waals surface area contributed by atoms with Gasteiger partial charge in [-0.1, -0.05) is 54.1 Å². The zero-order chi connectivity index (χ0) is 25.1. The number of benzene rings is 3. The van der Waals surface area contributed by atoms with Gasteiger partial charge in [-0.3, -0.25) is 10.1 Å². The topological polar surface area (TPSA) is 83.7 Å². The number of hydrogen-bond acceptors (Lipinski definition) is 6. The zero-order valence-electron chi connectivity index (χ0n) is 20.3. The molecule has 0 aliphatic carbocycles. The van der Waals surface area contributed by atoms with Crippen molar-refractivity contribution in [2.45, 2.75) is 31.2 Å². The van der Waals surface area contributed by atoms with Crippen molar-refractivity contribution in [3.05, 3.63) is 94.5 Å². The fourth-order valence-corrected chi connectivity index (χ4v) is 5.49. The maximum atomic E-state index is 13.7. The van der Waals surface area contributed by atoms with E-state index < -0.39 is 0 Å². The van der Waals surface area contributed by atoms with E-state index in [4.69, 9.17) is 21.1 Å². The fraction of sp³-hybridized carbons (Fsp3) is 0.321. The van der Waals surface area contributed by atoms with E-state index in [1.165, 1.54) is 0 Å². The molecule has 2 fully saturated rings. The van der Waals surface area contributed by atoms with Gasteiger partial charge in [-0.25, -0.2) is 10.9 Å². The first-order chi connectivity index (χ1) is 17.6. The van der Waals surface area contributed by atoms with Crippen LogP contribution in [0.4, 0.5) is 0 Å². The number of hydrogen-bond donors (Lipinski definition) is 4. The number of halogens is 1. The summed E-state index contributed by atoms with van der Waals surface area (Å²) in [4.78, 5) is 13.7. The lowest BCUT2D eigenvalue weighted by Crippen LogP contribution is -2.54. The molecule has 1 amide bonds.